The number of benzene rings is 2. The van der Waals surface area contributed by atoms with Crippen LogP contribution in [-0.2, 0) is 0 Å². The highest BCUT2D eigenvalue weighted by atomic mass is 16.6. The Bertz CT molecular complexity index is 594. The lowest BCUT2D eigenvalue weighted by Gasteiger charge is -2.09. The van der Waals surface area contributed by atoms with E-state index in [9.17, 15) is 14.9 Å². The van der Waals surface area contributed by atoms with Crippen molar-refractivity contribution in [2.45, 2.75) is 0 Å². The standard InChI is InChI=1S/C13H10N2O4/c16-13(17)10-7-4-8-11(15(18)19)12(10)14-9-5-2-1-3-6-9/h1-8,14H,(H,16,17). The highest BCUT2D eigenvalue weighted by Gasteiger charge is 2.21. The molecule has 0 atom stereocenters. The largest absolute Gasteiger partial charge is 0.478 e. The van der Waals surface area contributed by atoms with Crippen LogP contribution < -0.4 is 5.32 Å². The molecule has 0 amide bonds. The highest BCUT2D eigenvalue weighted by molar-refractivity contribution is 5.98. The maximum atomic E-state index is 11.1. The zero-order chi connectivity index (χ0) is 13.8. The van der Waals surface area contributed by atoms with E-state index < -0.39 is 10.9 Å². The molecular formula is C13H10N2O4. The summed E-state index contributed by atoms with van der Waals surface area (Å²) in [6.45, 7) is 0. The first-order chi connectivity index (χ1) is 9.09. The molecule has 0 saturated carbocycles. The SMILES string of the molecule is O=C(O)c1cccc([N+](=O)[O-])c1Nc1ccccc1. The van der Waals surface area contributed by atoms with Crippen molar-refractivity contribution in [3.63, 3.8) is 0 Å². The number of aromatic carboxylic acids is 1. The minimum atomic E-state index is -1.22. The van der Waals surface area contributed by atoms with Crippen LogP contribution in [0.1, 0.15) is 10.4 Å². The van der Waals surface area contributed by atoms with Gasteiger partial charge in [-0.05, 0) is 18.2 Å². The molecule has 0 aliphatic carbocycles. The van der Waals surface area contributed by atoms with Crippen LogP contribution in [0.3, 0.4) is 0 Å². The molecule has 2 N–H and O–H groups in total. The fraction of sp³-hybridized carbons (Fsp3) is 0. The molecule has 2 aromatic carbocycles. The molecule has 0 unspecified atom stereocenters. The Morgan fingerprint density at radius 2 is 1.79 bits per heavy atom. The van der Waals surface area contributed by atoms with E-state index in [1.54, 1.807) is 30.3 Å². The van der Waals surface area contributed by atoms with Crippen molar-refractivity contribution >= 4 is 23.0 Å². The number of nitrogens with one attached hydrogen (secondary N) is 1. The lowest BCUT2D eigenvalue weighted by atomic mass is 10.1. The first kappa shape index (κ1) is 12.6. The summed E-state index contributed by atoms with van der Waals surface area (Å²) in [7, 11) is 0. The Hall–Kier alpha value is -2.89. The first-order valence-electron chi connectivity index (χ1n) is 5.42. The number of para-hydroxylation sites is 2. The summed E-state index contributed by atoms with van der Waals surface area (Å²) in [5.41, 5.74) is 0.146. The van der Waals surface area contributed by atoms with E-state index in [1.807, 2.05) is 0 Å². The van der Waals surface area contributed by atoms with Crippen molar-refractivity contribution in [3.8, 4) is 0 Å². The van der Waals surface area contributed by atoms with E-state index in [0.29, 0.717) is 5.69 Å². The second-order valence-electron chi connectivity index (χ2n) is 3.75. The Balaban J connectivity index is 2.52. The molecule has 2 rings (SSSR count). The van der Waals surface area contributed by atoms with Crippen LogP contribution >= 0.6 is 0 Å². The number of rotatable bonds is 4. The van der Waals surface area contributed by atoms with E-state index in [4.69, 9.17) is 5.11 Å². The van der Waals surface area contributed by atoms with Crippen LogP contribution in [0.25, 0.3) is 0 Å². The molecule has 0 spiro atoms. The highest BCUT2D eigenvalue weighted by Crippen LogP contribution is 2.31. The molecule has 2 aromatic rings. The predicted molar refractivity (Wildman–Crippen MR) is 69.8 cm³/mol. The summed E-state index contributed by atoms with van der Waals surface area (Å²) in [6, 6.07) is 12.6. The normalized spacial score (nSPS) is 9.89. The lowest BCUT2D eigenvalue weighted by molar-refractivity contribution is -0.383. The molecule has 0 bridgehead atoms. The van der Waals surface area contributed by atoms with Gasteiger partial charge in [0, 0.05) is 11.8 Å². The number of hydrogen-bond acceptors (Lipinski definition) is 4. The van der Waals surface area contributed by atoms with Crippen LogP contribution in [-0.4, -0.2) is 16.0 Å². The first-order valence-corrected chi connectivity index (χ1v) is 5.42. The number of nitrogens with zero attached hydrogens (tertiary/aromatic N) is 1. The number of carboxylic acid groups (broad SMARTS) is 1. The van der Waals surface area contributed by atoms with Crippen molar-refractivity contribution in [1.82, 2.24) is 0 Å². The number of carboxylic acids is 1. The summed E-state index contributed by atoms with van der Waals surface area (Å²) >= 11 is 0. The topological polar surface area (TPSA) is 92.5 Å². The van der Waals surface area contributed by atoms with Gasteiger partial charge in [-0.3, -0.25) is 10.1 Å². The molecule has 0 radical (unpaired) electrons. The number of hydrogen-bond donors (Lipinski definition) is 2. The quantitative estimate of drug-likeness (QED) is 0.649. The summed E-state index contributed by atoms with van der Waals surface area (Å²) in [6.07, 6.45) is 0. The molecule has 6 nitrogen and oxygen atoms in total. The summed E-state index contributed by atoms with van der Waals surface area (Å²) in [5.74, 6) is -1.22. The average molecular weight is 258 g/mol. The molecule has 0 saturated heterocycles. The van der Waals surface area contributed by atoms with Crippen LogP contribution in [0.5, 0.6) is 0 Å². The van der Waals surface area contributed by atoms with E-state index in [-0.39, 0.29) is 16.9 Å². The van der Waals surface area contributed by atoms with Crippen LogP contribution in [0.4, 0.5) is 17.1 Å². The molecule has 6 heteroatoms. The van der Waals surface area contributed by atoms with E-state index in [1.165, 1.54) is 18.2 Å². The smallest absolute Gasteiger partial charge is 0.338 e. The minimum absolute atomic E-state index is 0.0220. The number of anilines is 2. The molecule has 19 heavy (non-hydrogen) atoms. The van der Waals surface area contributed by atoms with Gasteiger partial charge in [-0.2, -0.15) is 0 Å². The van der Waals surface area contributed by atoms with E-state index in [2.05, 4.69) is 5.32 Å². The van der Waals surface area contributed by atoms with Crippen LogP contribution in [0.15, 0.2) is 48.5 Å². The van der Waals surface area contributed by atoms with Gasteiger partial charge >= 0.3 is 5.97 Å². The molecule has 0 heterocycles. The van der Waals surface area contributed by atoms with Crippen molar-refractivity contribution in [1.29, 1.82) is 0 Å². The number of carbonyl (C=O) groups is 1. The van der Waals surface area contributed by atoms with Crippen molar-refractivity contribution in [2.24, 2.45) is 0 Å². The predicted octanol–water partition coefficient (Wildman–Crippen LogP) is 3.04. The Morgan fingerprint density at radius 1 is 1.11 bits per heavy atom. The molecular weight excluding hydrogens is 248 g/mol. The second kappa shape index (κ2) is 5.18. The molecule has 0 fully saturated rings. The molecule has 0 aliphatic rings. The van der Waals surface area contributed by atoms with Gasteiger partial charge in [0.15, 0.2) is 0 Å². The Kier molecular flexibility index (Phi) is 3.42. The van der Waals surface area contributed by atoms with Gasteiger partial charge < -0.3 is 10.4 Å². The van der Waals surface area contributed by atoms with Gasteiger partial charge in [0.05, 0.1) is 10.5 Å². The third kappa shape index (κ3) is 2.68. The summed E-state index contributed by atoms with van der Waals surface area (Å²) in [4.78, 5) is 21.5. The van der Waals surface area contributed by atoms with E-state index in [0.717, 1.165) is 0 Å². The maximum Gasteiger partial charge on any atom is 0.338 e. The maximum absolute atomic E-state index is 11.1. The van der Waals surface area contributed by atoms with Crippen LogP contribution in [0.2, 0.25) is 0 Å². The summed E-state index contributed by atoms with van der Waals surface area (Å²) in [5, 5.41) is 22.8. The lowest BCUT2D eigenvalue weighted by Crippen LogP contribution is -2.05. The number of nitro benzene ring substituents is 1. The third-order valence-electron chi connectivity index (χ3n) is 2.51. The van der Waals surface area contributed by atoms with Gasteiger partial charge in [0.2, 0.25) is 0 Å². The minimum Gasteiger partial charge on any atom is -0.478 e. The fourth-order valence-electron chi connectivity index (χ4n) is 1.67. The fourth-order valence-corrected chi connectivity index (χ4v) is 1.67. The number of nitro groups is 1. The molecule has 0 aliphatic heterocycles. The Labute approximate surface area is 108 Å². The van der Waals surface area contributed by atoms with Gasteiger partial charge in [0.1, 0.15) is 5.69 Å². The van der Waals surface area contributed by atoms with Crippen molar-refractivity contribution in [3.05, 3.63) is 64.2 Å². The van der Waals surface area contributed by atoms with E-state index >= 15 is 0 Å². The van der Waals surface area contributed by atoms with Crippen molar-refractivity contribution < 1.29 is 14.8 Å². The average Bonchev–Trinajstić information content (AvgIpc) is 2.39. The van der Waals surface area contributed by atoms with Gasteiger partial charge in [-0.25, -0.2) is 4.79 Å². The van der Waals surface area contributed by atoms with Gasteiger partial charge in [0.25, 0.3) is 5.69 Å². The summed E-state index contributed by atoms with van der Waals surface area (Å²) < 4.78 is 0. The van der Waals surface area contributed by atoms with Crippen LogP contribution in [0, 0.1) is 10.1 Å². The zero-order valence-corrected chi connectivity index (χ0v) is 9.74. The monoisotopic (exact) mass is 258 g/mol. The molecule has 0 aromatic heterocycles. The second-order valence-corrected chi connectivity index (χ2v) is 3.75. The molecule has 96 valence electrons. The third-order valence-corrected chi connectivity index (χ3v) is 2.51. The van der Waals surface area contributed by atoms with Gasteiger partial charge in [-0.1, -0.05) is 24.3 Å². The van der Waals surface area contributed by atoms with Gasteiger partial charge in [-0.15, -0.1) is 0 Å². The Morgan fingerprint density at radius 3 is 2.37 bits per heavy atom. The van der Waals surface area contributed by atoms with Crippen molar-refractivity contribution in [2.75, 3.05) is 5.32 Å². The zero-order valence-electron chi connectivity index (χ0n) is 9.74.